The molecule has 76 valence electrons. The SMILES string of the molecule is Cc1cc([N+](=O)[O-])c(N(C)C)cc1Br. The van der Waals surface area contributed by atoms with Crippen molar-refractivity contribution in [3.8, 4) is 0 Å². The Kier molecular flexibility index (Phi) is 3.10. The topological polar surface area (TPSA) is 46.4 Å². The van der Waals surface area contributed by atoms with Crippen molar-refractivity contribution in [1.29, 1.82) is 0 Å². The summed E-state index contributed by atoms with van der Waals surface area (Å²) in [6.45, 7) is 1.83. The number of rotatable bonds is 2. The van der Waals surface area contributed by atoms with Crippen LogP contribution in [0.25, 0.3) is 0 Å². The highest BCUT2D eigenvalue weighted by atomic mass is 79.9. The smallest absolute Gasteiger partial charge is 0.292 e. The Labute approximate surface area is 90.8 Å². The second-order valence-electron chi connectivity index (χ2n) is 3.24. The third kappa shape index (κ3) is 2.04. The zero-order chi connectivity index (χ0) is 10.9. The van der Waals surface area contributed by atoms with Crippen molar-refractivity contribution < 1.29 is 4.92 Å². The van der Waals surface area contributed by atoms with Crippen LogP contribution in [-0.2, 0) is 0 Å². The maximum atomic E-state index is 10.8. The lowest BCUT2D eigenvalue weighted by Gasteiger charge is -2.13. The van der Waals surface area contributed by atoms with Gasteiger partial charge in [0, 0.05) is 24.6 Å². The third-order valence-corrected chi connectivity index (χ3v) is 2.79. The van der Waals surface area contributed by atoms with Gasteiger partial charge in [-0.25, -0.2) is 0 Å². The van der Waals surface area contributed by atoms with Crippen LogP contribution in [-0.4, -0.2) is 19.0 Å². The van der Waals surface area contributed by atoms with Crippen molar-refractivity contribution in [3.05, 3.63) is 32.3 Å². The van der Waals surface area contributed by atoms with Gasteiger partial charge in [0.25, 0.3) is 5.69 Å². The quantitative estimate of drug-likeness (QED) is 0.606. The molecule has 0 spiro atoms. The van der Waals surface area contributed by atoms with Crippen LogP contribution in [0.3, 0.4) is 0 Å². The molecule has 0 N–H and O–H groups in total. The number of aryl methyl sites for hydroxylation is 1. The van der Waals surface area contributed by atoms with Crippen molar-refractivity contribution in [2.75, 3.05) is 19.0 Å². The van der Waals surface area contributed by atoms with Gasteiger partial charge < -0.3 is 4.90 Å². The van der Waals surface area contributed by atoms with E-state index >= 15 is 0 Å². The Morgan fingerprint density at radius 2 is 2.00 bits per heavy atom. The van der Waals surface area contributed by atoms with Gasteiger partial charge in [0.1, 0.15) is 5.69 Å². The van der Waals surface area contributed by atoms with E-state index in [1.165, 1.54) is 0 Å². The molecule has 1 rings (SSSR count). The highest BCUT2D eigenvalue weighted by molar-refractivity contribution is 9.10. The summed E-state index contributed by atoms with van der Waals surface area (Å²) >= 11 is 3.35. The number of nitro groups is 1. The highest BCUT2D eigenvalue weighted by Crippen LogP contribution is 2.32. The molecule has 0 unspecified atom stereocenters. The fourth-order valence-corrected chi connectivity index (χ4v) is 1.49. The summed E-state index contributed by atoms with van der Waals surface area (Å²) in [5, 5.41) is 10.8. The minimum atomic E-state index is -0.366. The number of hydrogen-bond donors (Lipinski definition) is 0. The number of hydrogen-bond acceptors (Lipinski definition) is 3. The molecule has 0 aliphatic heterocycles. The van der Waals surface area contributed by atoms with Crippen molar-refractivity contribution in [2.45, 2.75) is 6.92 Å². The first-order chi connectivity index (χ1) is 6.43. The average molecular weight is 259 g/mol. The van der Waals surface area contributed by atoms with Gasteiger partial charge in [0.05, 0.1) is 4.92 Å². The van der Waals surface area contributed by atoms with Gasteiger partial charge in [-0.2, -0.15) is 0 Å². The molecule has 0 aromatic heterocycles. The molecule has 0 atom stereocenters. The number of anilines is 1. The van der Waals surface area contributed by atoms with Gasteiger partial charge in [-0.15, -0.1) is 0 Å². The van der Waals surface area contributed by atoms with Gasteiger partial charge >= 0.3 is 0 Å². The van der Waals surface area contributed by atoms with Gasteiger partial charge in [-0.1, -0.05) is 15.9 Å². The van der Waals surface area contributed by atoms with Crippen molar-refractivity contribution >= 4 is 27.3 Å². The number of nitro benzene ring substituents is 1. The third-order valence-electron chi connectivity index (χ3n) is 1.93. The monoisotopic (exact) mass is 258 g/mol. The number of benzene rings is 1. The van der Waals surface area contributed by atoms with Crippen LogP contribution >= 0.6 is 15.9 Å². The summed E-state index contributed by atoms with van der Waals surface area (Å²) in [4.78, 5) is 12.1. The molecule has 0 radical (unpaired) electrons. The summed E-state index contributed by atoms with van der Waals surface area (Å²) in [7, 11) is 3.56. The lowest BCUT2D eigenvalue weighted by molar-refractivity contribution is -0.384. The Morgan fingerprint density at radius 3 is 2.43 bits per heavy atom. The largest absolute Gasteiger partial charge is 0.372 e. The lowest BCUT2D eigenvalue weighted by Crippen LogP contribution is -2.11. The molecule has 0 bridgehead atoms. The predicted octanol–water partition coefficient (Wildman–Crippen LogP) is 2.73. The molecule has 0 saturated heterocycles. The Balaban J connectivity index is 3.39. The standard InChI is InChI=1S/C9H11BrN2O2/c1-6-4-9(12(13)14)8(11(2)3)5-7(6)10/h4-5H,1-3H3. The molecule has 0 fully saturated rings. The fourth-order valence-electron chi connectivity index (χ4n) is 1.16. The maximum absolute atomic E-state index is 10.8. The molecule has 1 aromatic rings. The lowest BCUT2D eigenvalue weighted by atomic mass is 10.2. The molecule has 0 saturated carbocycles. The first-order valence-corrected chi connectivity index (χ1v) is 4.84. The van der Waals surface area contributed by atoms with Gasteiger partial charge in [0.15, 0.2) is 0 Å². The number of halogens is 1. The minimum Gasteiger partial charge on any atom is -0.372 e. The summed E-state index contributed by atoms with van der Waals surface area (Å²) in [6.07, 6.45) is 0. The molecule has 0 aliphatic rings. The Morgan fingerprint density at radius 1 is 1.43 bits per heavy atom. The average Bonchev–Trinajstić information content (AvgIpc) is 2.08. The zero-order valence-electron chi connectivity index (χ0n) is 8.24. The number of nitrogens with zero attached hydrogens (tertiary/aromatic N) is 2. The van der Waals surface area contributed by atoms with E-state index in [1.807, 2.05) is 6.92 Å². The minimum absolute atomic E-state index is 0.135. The molecule has 0 amide bonds. The van der Waals surface area contributed by atoms with Crippen LogP contribution < -0.4 is 4.90 Å². The molecule has 14 heavy (non-hydrogen) atoms. The van der Waals surface area contributed by atoms with Crippen molar-refractivity contribution in [1.82, 2.24) is 0 Å². The van der Waals surface area contributed by atoms with Gasteiger partial charge in [-0.3, -0.25) is 10.1 Å². The molecular weight excluding hydrogens is 248 g/mol. The van der Waals surface area contributed by atoms with E-state index in [0.717, 1.165) is 10.0 Å². The van der Waals surface area contributed by atoms with Crippen LogP contribution in [0.15, 0.2) is 16.6 Å². The fraction of sp³-hybridized carbons (Fsp3) is 0.333. The van der Waals surface area contributed by atoms with E-state index < -0.39 is 0 Å². The van der Waals surface area contributed by atoms with E-state index in [0.29, 0.717) is 5.69 Å². The molecule has 5 heteroatoms. The molecule has 1 aromatic carbocycles. The molecule has 4 nitrogen and oxygen atoms in total. The van der Waals surface area contributed by atoms with E-state index in [4.69, 9.17) is 0 Å². The predicted molar refractivity (Wildman–Crippen MR) is 59.9 cm³/mol. The van der Waals surface area contributed by atoms with Gasteiger partial charge in [-0.05, 0) is 18.6 Å². The Hall–Kier alpha value is -1.10. The van der Waals surface area contributed by atoms with Crippen LogP contribution in [0.2, 0.25) is 0 Å². The van der Waals surface area contributed by atoms with Crippen LogP contribution in [0.5, 0.6) is 0 Å². The Bertz CT molecular complexity index is 377. The van der Waals surface area contributed by atoms with Crippen molar-refractivity contribution in [2.24, 2.45) is 0 Å². The van der Waals surface area contributed by atoms with Crippen LogP contribution in [0.1, 0.15) is 5.56 Å². The summed E-state index contributed by atoms with van der Waals surface area (Å²) in [6, 6.07) is 3.33. The normalized spacial score (nSPS) is 10.0. The maximum Gasteiger partial charge on any atom is 0.292 e. The second-order valence-corrected chi connectivity index (χ2v) is 4.10. The van der Waals surface area contributed by atoms with Crippen molar-refractivity contribution in [3.63, 3.8) is 0 Å². The van der Waals surface area contributed by atoms with E-state index in [-0.39, 0.29) is 10.6 Å². The molecule has 0 heterocycles. The summed E-state index contributed by atoms with van der Waals surface area (Å²) in [5.74, 6) is 0. The van der Waals surface area contributed by atoms with Gasteiger partial charge in [0.2, 0.25) is 0 Å². The first kappa shape index (κ1) is 11.0. The van der Waals surface area contributed by atoms with Crippen LogP contribution in [0.4, 0.5) is 11.4 Å². The van der Waals surface area contributed by atoms with Crippen LogP contribution in [0, 0.1) is 17.0 Å². The van der Waals surface area contributed by atoms with E-state index in [1.54, 1.807) is 31.1 Å². The zero-order valence-corrected chi connectivity index (χ0v) is 9.83. The highest BCUT2D eigenvalue weighted by Gasteiger charge is 2.16. The summed E-state index contributed by atoms with van der Waals surface area (Å²) < 4.78 is 0.881. The molecule has 0 aliphatic carbocycles. The molecular formula is C9H11BrN2O2. The summed E-state index contributed by atoms with van der Waals surface area (Å²) in [5.41, 5.74) is 1.60. The van der Waals surface area contributed by atoms with E-state index in [2.05, 4.69) is 15.9 Å². The first-order valence-electron chi connectivity index (χ1n) is 4.05. The van der Waals surface area contributed by atoms with E-state index in [9.17, 15) is 10.1 Å². The second kappa shape index (κ2) is 3.96.